The third-order valence-electron chi connectivity index (χ3n) is 5.48. The van der Waals surface area contributed by atoms with Gasteiger partial charge >= 0.3 is 0 Å². The lowest BCUT2D eigenvalue weighted by Crippen LogP contribution is -2.51. The van der Waals surface area contributed by atoms with Gasteiger partial charge < -0.3 is 26.2 Å². The Hall–Kier alpha value is -3.05. The van der Waals surface area contributed by atoms with Gasteiger partial charge in [0, 0.05) is 54.3 Å². The Morgan fingerprint density at radius 2 is 2.15 bits per heavy atom. The van der Waals surface area contributed by atoms with Crippen molar-refractivity contribution in [1.29, 1.82) is 0 Å². The van der Waals surface area contributed by atoms with Crippen molar-refractivity contribution in [3.05, 3.63) is 64.8 Å². The summed E-state index contributed by atoms with van der Waals surface area (Å²) in [6.45, 7) is 3.05. The zero-order valence-electron chi connectivity index (χ0n) is 18.2. The fourth-order valence-corrected chi connectivity index (χ4v) is 3.77. The number of rotatable bonds is 7. The Balaban J connectivity index is 1.52. The Kier molecular flexibility index (Phi) is 6.89. The number of aliphatic hydroxyl groups is 1. The first-order chi connectivity index (χ1) is 15.9. The van der Waals surface area contributed by atoms with Crippen LogP contribution < -0.4 is 16.4 Å². The molecule has 0 spiro atoms. The van der Waals surface area contributed by atoms with Crippen LogP contribution in [0.1, 0.15) is 34.5 Å². The SMILES string of the molecule is Cc1cnc(NC2CCOCC2)nc1-n1cnc(C(=O)NC(O)(CN)c2cccc(Cl)c2)c1. The van der Waals surface area contributed by atoms with Gasteiger partial charge in [0.15, 0.2) is 5.72 Å². The average molecular weight is 472 g/mol. The fourth-order valence-electron chi connectivity index (χ4n) is 3.58. The quantitative estimate of drug-likeness (QED) is 0.382. The van der Waals surface area contributed by atoms with E-state index < -0.39 is 11.6 Å². The number of carbonyl (C=O) groups excluding carboxylic acids is 1. The largest absolute Gasteiger partial charge is 0.381 e. The number of nitrogens with two attached hydrogens (primary N) is 1. The maximum Gasteiger partial charge on any atom is 0.273 e. The molecule has 1 amide bonds. The molecule has 0 bridgehead atoms. The number of nitrogens with one attached hydrogen (secondary N) is 2. The number of amides is 1. The molecule has 1 atom stereocenters. The molecule has 1 aliphatic rings. The normalized spacial score (nSPS) is 16.2. The molecule has 1 saturated heterocycles. The van der Waals surface area contributed by atoms with E-state index in [-0.39, 0.29) is 18.3 Å². The first-order valence-corrected chi connectivity index (χ1v) is 11.0. The van der Waals surface area contributed by atoms with Gasteiger partial charge in [-0.3, -0.25) is 9.36 Å². The monoisotopic (exact) mass is 471 g/mol. The molecule has 0 aliphatic carbocycles. The molecule has 1 fully saturated rings. The smallest absolute Gasteiger partial charge is 0.273 e. The van der Waals surface area contributed by atoms with Crippen molar-refractivity contribution >= 4 is 23.5 Å². The van der Waals surface area contributed by atoms with E-state index in [1.54, 1.807) is 35.0 Å². The standard InChI is InChI=1S/C22H26ClN7O3/c1-14-10-25-21(27-17-5-7-33-8-6-17)28-19(14)30-11-18(26-13-30)20(31)29-22(32,12-24)15-3-2-4-16(23)9-15/h2-4,9-11,13,17,32H,5-8,12,24H2,1H3,(H,29,31)(H,25,27,28). The van der Waals surface area contributed by atoms with Crippen LogP contribution in [0.5, 0.6) is 0 Å². The van der Waals surface area contributed by atoms with Gasteiger partial charge in [-0.1, -0.05) is 23.7 Å². The Morgan fingerprint density at radius 1 is 1.36 bits per heavy atom. The molecular formula is C22H26ClN7O3. The molecule has 11 heteroatoms. The van der Waals surface area contributed by atoms with Crippen LogP contribution >= 0.6 is 11.6 Å². The predicted molar refractivity (Wildman–Crippen MR) is 123 cm³/mol. The van der Waals surface area contributed by atoms with E-state index in [9.17, 15) is 9.90 Å². The van der Waals surface area contributed by atoms with Gasteiger partial charge in [0.05, 0.1) is 0 Å². The molecular weight excluding hydrogens is 446 g/mol. The number of halogens is 1. The first kappa shape index (κ1) is 23.1. The van der Waals surface area contributed by atoms with Gasteiger partial charge in [-0.05, 0) is 31.9 Å². The summed E-state index contributed by atoms with van der Waals surface area (Å²) < 4.78 is 7.03. The van der Waals surface area contributed by atoms with Crippen LogP contribution in [-0.2, 0) is 10.5 Å². The van der Waals surface area contributed by atoms with Gasteiger partial charge in [-0.2, -0.15) is 4.98 Å². The number of benzene rings is 1. The van der Waals surface area contributed by atoms with Crippen LogP contribution in [0.15, 0.2) is 43.0 Å². The van der Waals surface area contributed by atoms with Crippen molar-refractivity contribution in [2.24, 2.45) is 5.73 Å². The summed E-state index contributed by atoms with van der Waals surface area (Å²) in [6, 6.07) is 6.77. The third kappa shape index (κ3) is 5.31. The van der Waals surface area contributed by atoms with E-state index in [1.807, 2.05) is 6.92 Å². The van der Waals surface area contributed by atoms with E-state index in [0.717, 1.165) is 18.4 Å². The van der Waals surface area contributed by atoms with Crippen molar-refractivity contribution in [1.82, 2.24) is 24.8 Å². The highest BCUT2D eigenvalue weighted by atomic mass is 35.5. The highest BCUT2D eigenvalue weighted by Gasteiger charge is 2.31. The number of aromatic nitrogens is 4. The molecule has 1 aliphatic heterocycles. The second kappa shape index (κ2) is 9.84. The van der Waals surface area contributed by atoms with Crippen molar-refractivity contribution < 1.29 is 14.6 Å². The summed E-state index contributed by atoms with van der Waals surface area (Å²) in [4.78, 5) is 26.0. The van der Waals surface area contributed by atoms with Crippen LogP contribution in [0, 0.1) is 6.92 Å². The molecule has 10 nitrogen and oxygen atoms in total. The number of hydrogen-bond acceptors (Lipinski definition) is 8. The lowest BCUT2D eigenvalue weighted by molar-refractivity contribution is 0.0108. The molecule has 2 aromatic heterocycles. The van der Waals surface area contributed by atoms with E-state index in [2.05, 4.69) is 25.6 Å². The predicted octanol–water partition coefficient (Wildman–Crippen LogP) is 1.75. The Morgan fingerprint density at radius 3 is 2.88 bits per heavy atom. The lowest BCUT2D eigenvalue weighted by Gasteiger charge is -2.28. The summed E-state index contributed by atoms with van der Waals surface area (Å²) in [7, 11) is 0. The van der Waals surface area contributed by atoms with E-state index in [0.29, 0.717) is 35.6 Å². The summed E-state index contributed by atoms with van der Waals surface area (Å²) in [6.07, 6.45) is 6.52. The van der Waals surface area contributed by atoms with Crippen LogP contribution in [-0.4, -0.2) is 56.3 Å². The van der Waals surface area contributed by atoms with Crippen LogP contribution in [0.25, 0.3) is 5.82 Å². The Labute approximate surface area is 196 Å². The van der Waals surface area contributed by atoms with Gasteiger partial charge in [0.1, 0.15) is 17.8 Å². The molecule has 1 aromatic carbocycles. The number of nitrogens with zero attached hydrogens (tertiary/aromatic N) is 4. The van der Waals surface area contributed by atoms with Gasteiger partial charge in [-0.15, -0.1) is 0 Å². The number of carbonyl (C=O) groups is 1. The topological polar surface area (TPSA) is 140 Å². The van der Waals surface area contributed by atoms with Gasteiger partial charge in [0.2, 0.25) is 5.95 Å². The maximum atomic E-state index is 12.8. The van der Waals surface area contributed by atoms with Gasteiger partial charge in [0.25, 0.3) is 5.91 Å². The van der Waals surface area contributed by atoms with Crippen molar-refractivity contribution in [3.8, 4) is 5.82 Å². The second-order valence-corrected chi connectivity index (χ2v) is 8.36. The molecule has 3 heterocycles. The average Bonchev–Trinajstić information content (AvgIpc) is 3.31. The summed E-state index contributed by atoms with van der Waals surface area (Å²) in [5.74, 6) is 0.504. The number of hydrogen-bond donors (Lipinski definition) is 4. The molecule has 0 radical (unpaired) electrons. The first-order valence-electron chi connectivity index (χ1n) is 10.6. The minimum absolute atomic E-state index is 0.0980. The molecule has 4 rings (SSSR count). The zero-order valence-corrected chi connectivity index (χ0v) is 18.9. The maximum absolute atomic E-state index is 12.8. The van der Waals surface area contributed by atoms with Crippen molar-refractivity contribution in [3.63, 3.8) is 0 Å². The summed E-state index contributed by atoms with van der Waals surface area (Å²) in [5.41, 5.74) is 5.25. The molecule has 1 unspecified atom stereocenters. The third-order valence-corrected chi connectivity index (χ3v) is 5.71. The van der Waals surface area contributed by atoms with Crippen LogP contribution in [0.2, 0.25) is 5.02 Å². The van der Waals surface area contributed by atoms with E-state index in [4.69, 9.17) is 22.1 Å². The highest BCUT2D eigenvalue weighted by Crippen LogP contribution is 2.22. The second-order valence-electron chi connectivity index (χ2n) is 7.93. The summed E-state index contributed by atoms with van der Waals surface area (Å²) >= 11 is 6.02. The zero-order chi connectivity index (χ0) is 23.4. The molecule has 33 heavy (non-hydrogen) atoms. The molecule has 174 valence electrons. The minimum Gasteiger partial charge on any atom is -0.381 e. The lowest BCUT2D eigenvalue weighted by atomic mass is 10.0. The number of anilines is 1. The fraction of sp³-hybridized carbons (Fsp3) is 0.364. The van der Waals surface area contributed by atoms with E-state index >= 15 is 0 Å². The van der Waals surface area contributed by atoms with Crippen LogP contribution in [0.3, 0.4) is 0 Å². The van der Waals surface area contributed by atoms with E-state index in [1.165, 1.54) is 12.5 Å². The number of imidazole rings is 1. The molecule has 5 N–H and O–H groups in total. The molecule has 0 saturated carbocycles. The highest BCUT2D eigenvalue weighted by molar-refractivity contribution is 6.30. The number of ether oxygens (including phenoxy) is 1. The van der Waals surface area contributed by atoms with Gasteiger partial charge in [-0.25, -0.2) is 9.97 Å². The molecule has 3 aromatic rings. The Bertz CT molecular complexity index is 1130. The van der Waals surface area contributed by atoms with Crippen molar-refractivity contribution in [2.75, 3.05) is 25.1 Å². The van der Waals surface area contributed by atoms with Crippen molar-refractivity contribution in [2.45, 2.75) is 31.5 Å². The number of aryl methyl sites for hydroxylation is 1. The minimum atomic E-state index is -1.79. The van der Waals surface area contributed by atoms with Crippen LogP contribution in [0.4, 0.5) is 5.95 Å². The summed E-state index contributed by atoms with van der Waals surface area (Å²) in [5, 5.41) is 17.2.